The predicted octanol–water partition coefficient (Wildman–Crippen LogP) is 3.42. The second-order valence-corrected chi connectivity index (χ2v) is 7.32. The molecule has 5 nitrogen and oxygen atoms in total. The largest absolute Gasteiger partial charge is 0.352 e. The fourth-order valence-corrected chi connectivity index (χ4v) is 3.79. The molecule has 1 aliphatic heterocycles. The Morgan fingerprint density at radius 1 is 1.21 bits per heavy atom. The number of nitrogens with one attached hydrogen (secondary N) is 1. The van der Waals surface area contributed by atoms with E-state index in [9.17, 15) is 14.0 Å². The van der Waals surface area contributed by atoms with Crippen molar-refractivity contribution >= 4 is 11.8 Å². The Bertz CT molecular complexity index is 795. The molecule has 28 heavy (non-hydrogen) atoms. The van der Waals surface area contributed by atoms with E-state index in [0.29, 0.717) is 31.6 Å². The number of carbonyl (C=O) groups is 2. The van der Waals surface area contributed by atoms with Crippen LogP contribution in [-0.4, -0.2) is 34.8 Å². The van der Waals surface area contributed by atoms with Crippen LogP contribution in [0.2, 0.25) is 0 Å². The smallest absolute Gasteiger partial charge is 0.253 e. The zero-order valence-electron chi connectivity index (χ0n) is 16.1. The number of hydrogen-bond acceptors (Lipinski definition) is 3. The summed E-state index contributed by atoms with van der Waals surface area (Å²) in [7, 11) is 0. The zero-order chi connectivity index (χ0) is 19.9. The van der Waals surface area contributed by atoms with E-state index in [4.69, 9.17) is 0 Å². The van der Waals surface area contributed by atoms with Crippen molar-refractivity contribution in [1.82, 2.24) is 15.2 Å². The van der Waals surface area contributed by atoms with E-state index in [1.54, 1.807) is 12.4 Å². The Balaban J connectivity index is 1.53. The lowest BCUT2D eigenvalue weighted by Gasteiger charge is -2.38. The van der Waals surface area contributed by atoms with Crippen LogP contribution < -0.4 is 5.32 Å². The third kappa shape index (κ3) is 5.15. The molecule has 2 amide bonds. The van der Waals surface area contributed by atoms with Crippen LogP contribution in [0.25, 0.3) is 0 Å². The standard InChI is InChI=1S/C22H26FN3O2/c1-2-17-15-26(22(28)18-5-7-20(23)8-6-18)11-9-19(17)12-21(27)25-14-16-4-3-10-24-13-16/h3-8,10,13,17,19H,2,9,11-12,14-15H2,1H3,(H,25,27)/t17-,19-/m0/s1. The molecule has 1 N–H and O–H groups in total. The molecule has 0 bridgehead atoms. The van der Waals surface area contributed by atoms with Crippen molar-refractivity contribution in [2.24, 2.45) is 11.8 Å². The number of amides is 2. The topological polar surface area (TPSA) is 62.3 Å². The quantitative estimate of drug-likeness (QED) is 0.831. The van der Waals surface area contributed by atoms with Gasteiger partial charge in [0.2, 0.25) is 5.91 Å². The van der Waals surface area contributed by atoms with E-state index in [2.05, 4.69) is 17.2 Å². The van der Waals surface area contributed by atoms with Crippen molar-refractivity contribution in [3.63, 3.8) is 0 Å². The summed E-state index contributed by atoms with van der Waals surface area (Å²) in [6.07, 6.45) is 5.63. The minimum absolute atomic E-state index is 0.0330. The first-order valence-corrected chi connectivity index (χ1v) is 9.77. The lowest BCUT2D eigenvalue weighted by atomic mass is 9.81. The first-order valence-electron chi connectivity index (χ1n) is 9.77. The lowest BCUT2D eigenvalue weighted by Crippen LogP contribution is -2.44. The normalized spacial score (nSPS) is 19.3. The predicted molar refractivity (Wildman–Crippen MR) is 105 cm³/mol. The monoisotopic (exact) mass is 383 g/mol. The van der Waals surface area contributed by atoms with Crippen LogP contribution in [0.4, 0.5) is 4.39 Å². The lowest BCUT2D eigenvalue weighted by molar-refractivity contribution is -0.123. The van der Waals surface area contributed by atoms with Crippen LogP contribution in [-0.2, 0) is 11.3 Å². The van der Waals surface area contributed by atoms with Crippen LogP contribution in [0.1, 0.15) is 42.1 Å². The molecular weight excluding hydrogens is 357 g/mol. The molecule has 0 radical (unpaired) electrons. The summed E-state index contributed by atoms with van der Waals surface area (Å²) in [5.74, 6) is 0.154. The third-order valence-electron chi connectivity index (χ3n) is 5.45. The number of aromatic nitrogens is 1. The van der Waals surface area contributed by atoms with Gasteiger partial charge in [-0.1, -0.05) is 19.4 Å². The molecule has 0 saturated carbocycles. The van der Waals surface area contributed by atoms with Gasteiger partial charge in [-0.2, -0.15) is 0 Å². The van der Waals surface area contributed by atoms with Gasteiger partial charge in [0.15, 0.2) is 0 Å². The van der Waals surface area contributed by atoms with E-state index in [-0.39, 0.29) is 29.5 Å². The van der Waals surface area contributed by atoms with Crippen LogP contribution in [0, 0.1) is 17.7 Å². The number of nitrogens with zero attached hydrogens (tertiary/aromatic N) is 2. The highest BCUT2D eigenvalue weighted by molar-refractivity contribution is 5.94. The molecule has 1 saturated heterocycles. The Morgan fingerprint density at radius 3 is 2.68 bits per heavy atom. The Kier molecular flexibility index (Phi) is 6.74. The number of benzene rings is 1. The molecule has 2 aromatic rings. The van der Waals surface area contributed by atoms with Gasteiger partial charge in [0.25, 0.3) is 5.91 Å². The van der Waals surface area contributed by atoms with Crippen molar-refractivity contribution in [1.29, 1.82) is 0 Å². The fourth-order valence-electron chi connectivity index (χ4n) is 3.79. The molecule has 148 valence electrons. The van der Waals surface area contributed by atoms with Crippen molar-refractivity contribution in [3.8, 4) is 0 Å². The molecule has 0 unspecified atom stereocenters. The zero-order valence-corrected chi connectivity index (χ0v) is 16.1. The SMILES string of the molecule is CC[C@H]1CN(C(=O)c2ccc(F)cc2)CC[C@H]1CC(=O)NCc1cccnc1. The highest BCUT2D eigenvalue weighted by Crippen LogP contribution is 2.29. The van der Waals surface area contributed by atoms with Crippen molar-refractivity contribution in [2.45, 2.75) is 32.7 Å². The number of likely N-dealkylation sites (tertiary alicyclic amines) is 1. The second kappa shape index (κ2) is 9.44. The molecule has 1 fully saturated rings. The molecule has 6 heteroatoms. The van der Waals surface area contributed by atoms with Crippen molar-refractivity contribution in [3.05, 3.63) is 65.7 Å². The molecule has 2 heterocycles. The minimum Gasteiger partial charge on any atom is -0.352 e. The summed E-state index contributed by atoms with van der Waals surface area (Å²) >= 11 is 0. The number of rotatable bonds is 6. The van der Waals surface area contributed by atoms with Gasteiger partial charge >= 0.3 is 0 Å². The van der Waals surface area contributed by atoms with Gasteiger partial charge in [-0.25, -0.2) is 4.39 Å². The van der Waals surface area contributed by atoms with Gasteiger partial charge < -0.3 is 10.2 Å². The first kappa shape index (κ1) is 20.0. The molecule has 1 aliphatic rings. The van der Waals surface area contributed by atoms with Crippen molar-refractivity contribution < 1.29 is 14.0 Å². The maximum absolute atomic E-state index is 13.1. The maximum atomic E-state index is 13.1. The molecule has 1 aromatic carbocycles. The molecule has 0 aliphatic carbocycles. The van der Waals surface area contributed by atoms with E-state index in [0.717, 1.165) is 18.4 Å². The highest BCUT2D eigenvalue weighted by Gasteiger charge is 2.32. The average molecular weight is 383 g/mol. The second-order valence-electron chi connectivity index (χ2n) is 7.32. The fraction of sp³-hybridized carbons (Fsp3) is 0.409. The average Bonchev–Trinajstić information content (AvgIpc) is 2.73. The number of pyridine rings is 1. The summed E-state index contributed by atoms with van der Waals surface area (Å²) in [6, 6.07) is 9.45. The Morgan fingerprint density at radius 2 is 2.00 bits per heavy atom. The van der Waals surface area contributed by atoms with Gasteiger partial charge in [-0.15, -0.1) is 0 Å². The van der Waals surface area contributed by atoms with E-state index >= 15 is 0 Å². The van der Waals surface area contributed by atoms with Gasteiger partial charge in [-0.05, 0) is 54.2 Å². The van der Waals surface area contributed by atoms with Gasteiger partial charge in [0.1, 0.15) is 5.82 Å². The third-order valence-corrected chi connectivity index (χ3v) is 5.45. The molecule has 3 rings (SSSR count). The first-order chi connectivity index (χ1) is 13.6. The number of halogens is 1. The molecular formula is C22H26FN3O2. The molecule has 2 atom stereocenters. The van der Waals surface area contributed by atoms with E-state index in [1.165, 1.54) is 24.3 Å². The summed E-state index contributed by atoms with van der Waals surface area (Å²) in [5.41, 5.74) is 1.48. The number of hydrogen-bond donors (Lipinski definition) is 1. The maximum Gasteiger partial charge on any atom is 0.253 e. The number of piperidine rings is 1. The summed E-state index contributed by atoms with van der Waals surface area (Å²) in [5, 5.41) is 2.96. The van der Waals surface area contributed by atoms with Gasteiger partial charge in [0, 0.05) is 44.0 Å². The molecule has 0 spiro atoms. The number of carbonyl (C=O) groups excluding carboxylic acids is 2. The van der Waals surface area contributed by atoms with Crippen LogP contribution in [0.15, 0.2) is 48.8 Å². The van der Waals surface area contributed by atoms with Crippen LogP contribution in [0.3, 0.4) is 0 Å². The van der Waals surface area contributed by atoms with Gasteiger partial charge in [0.05, 0.1) is 0 Å². The van der Waals surface area contributed by atoms with Crippen LogP contribution >= 0.6 is 0 Å². The van der Waals surface area contributed by atoms with E-state index in [1.807, 2.05) is 17.0 Å². The summed E-state index contributed by atoms with van der Waals surface area (Å²) in [6.45, 7) is 3.82. The minimum atomic E-state index is -0.348. The van der Waals surface area contributed by atoms with Crippen molar-refractivity contribution in [2.75, 3.05) is 13.1 Å². The highest BCUT2D eigenvalue weighted by atomic mass is 19.1. The Hall–Kier alpha value is -2.76. The van der Waals surface area contributed by atoms with E-state index < -0.39 is 0 Å². The summed E-state index contributed by atoms with van der Waals surface area (Å²) < 4.78 is 13.1. The van der Waals surface area contributed by atoms with Gasteiger partial charge in [-0.3, -0.25) is 14.6 Å². The Labute approximate surface area is 165 Å². The molecule has 1 aromatic heterocycles. The van der Waals surface area contributed by atoms with Crippen LogP contribution in [0.5, 0.6) is 0 Å². The summed E-state index contributed by atoms with van der Waals surface area (Å²) in [4.78, 5) is 30.9.